The Kier molecular flexibility index (Phi) is 5.53. The molecular weight excluding hydrogens is 412 g/mol. The van der Waals surface area contributed by atoms with Crippen LogP contribution >= 0.6 is 0 Å². The Balaban J connectivity index is 1.42. The van der Waals surface area contributed by atoms with E-state index in [-0.39, 0.29) is 5.91 Å². The van der Waals surface area contributed by atoms with Crippen LogP contribution in [0.1, 0.15) is 37.6 Å². The SMILES string of the molecule is CC(C)(C)OC(=O)N1CCC=C1C(=O)N1CCN(c2nc3c(C(N)=O)cccc3[nH]2)CC1. The molecule has 0 saturated carbocycles. The molecule has 3 heterocycles. The summed E-state index contributed by atoms with van der Waals surface area (Å²) in [6, 6.07) is 5.25. The molecule has 2 aromatic rings. The quantitative estimate of drug-likeness (QED) is 0.750. The van der Waals surface area contributed by atoms with Gasteiger partial charge >= 0.3 is 6.09 Å². The maximum atomic E-state index is 13.1. The number of benzene rings is 1. The molecule has 10 heteroatoms. The number of H-pyrrole nitrogens is 1. The van der Waals surface area contributed by atoms with E-state index in [9.17, 15) is 14.4 Å². The summed E-state index contributed by atoms with van der Waals surface area (Å²) in [6.45, 7) is 7.95. The van der Waals surface area contributed by atoms with Crippen LogP contribution in [-0.2, 0) is 9.53 Å². The minimum Gasteiger partial charge on any atom is -0.443 e. The molecule has 3 N–H and O–H groups in total. The molecule has 0 bridgehead atoms. The second kappa shape index (κ2) is 8.18. The lowest BCUT2D eigenvalue weighted by atomic mass is 10.2. The van der Waals surface area contributed by atoms with Gasteiger partial charge in [-0.3, -0.25) is 14.5 Å². The fourth-order valence-electron chi connectivity index (χ4n) is 3.92. The van der Waals surface area contributed by atoms with Crippen molar-refractivity contribution in [2.75, 3.05) is 37.6 Å². The highest BCUT2D eigenvalue weighted by Crippen LogP contribution is 2.24. The van der Waals surface area contributed by atoms with Crippen LogP contribution in [0.4, 0.5) is 10.7 Å². The summed E-state index contributed by atoms with van der Waals surface area (Å²) in [5.74, 6) is -0.0617. The molecule has 0 aliphatic carbocycles. The van der Waals surface area contributed by atoms with Crippen molar-refractivity contribution in [3.05, 3.63) is 35.5 Å². The fourth-order valence-corrected chi connectivity index (χ4v) is 3.92. The van der Waals surface area contributed by atoms with Gasteiger partial charge in [0.05, 0.1) is 11.1 Å². The van der Waals surface area contributed by atoms with Gasteiger partial charge < -0.3 is 25.3 Å². The van der Waals surface area contributed by atoms with E-state index >= 15 is 0 Å². The first-order valence-corrected chi connectivity index (χ1v) is 10.7. The standard InChI is InChI=1S/C22H28N6O4/c1-22(2,3)32-21(31)28-9-5-8-16(28)19(30)26-10-12-27(13-11-26)20-24-15-7-4-6-14(18(23)29)17(15)25-20/h4,6-8H,5,9-13H2,1-3H3,(H2,23,29)(H,24,25). The van der Waals surface area contributed by atoms with Gasteiger partial charge in [-0.2, -0.15) is 0 Å². The molecule has 32 heavy (non-hydrogen) atoms. The van der Waals surface area contributed by atoms with Crippen molar-refractivity contribution in [1.29, 1.82) is 0 Å². The van der Waals surface area contributed by atoms with Gasteiger partial charge in [0.1, 0.15) is 16.8 Å². The monoisotopic (exact) mass is 440 g/mol. The van der Waals surface area contributed by atoms with Crippen LogP contribution < -0.4 is 10.6 Å². The van der Waals surface area contributed by atoms with E-state index in [1.54, 1.807) is 43.9 Å². The molecule has 10 nitrogen and oxygen atoms in total. The number of anilines is 1. The molecule has 0 atom stereocenters. The number of aromatic amines is 1. The molecule has 170 valence electrons. The van der Waals surface area contributed by atoms with Crippen LogP contribution in [0.15, 0.2) is 30.0 Å². The number of nitrogens with two attached hydrogens (primary N) is 1. The summed E-state index contributed by atoms with van der Waals surface area (Å²) in [5, 5.41) is 0. The number of aromatic nitrogens is 2. The van der Waals surface area contributed by atoms with E-state index in [1.165, 1.54) is 4.90 Å². The summed E-state index contributed by atoms with van der Waals surface area (Å²) < 4.78 is 5.44. The molecule has 2 aliphatic rings. The number of carbonyl (C=O) groups excluding carboxylic acids is 3. The third-order valence-electron chi connectivity index (χ3n) is 5.45. The highest BCUT2D eigenvalue weighted by Gasteiger charge is 2.34. The van der Waals surface area contributed by atoms with E-state index in [2.05, 4.69) is 9.97 Å². The number of hydrogen-bond donors (Lipinski definition) is 2. The van der Waals surface area contributed by atoms with Gasteiger partial charge in [-0.15, -0.1) is 0 Å². The average Bonchev–Trinajstić information content (AvgIpc) is 3.39. The molecule has 1 aromatic heterocycles. The number of ether oxygens (including phenoxy) is 1. The lowest BCUT2D eigenvalue weighted by molar-refractivity contribution is -0.129. The highest BCUT2D eigenvalue weighted by molar-refractivity contribution is 6.04. The molecule has 4 rings (SSSR count). The van der Waals surface area contributed by atoms with Crippen LogP contribution in [0.2, 0.25) is 0 Å². The van der Waals surface area contributed by atoms with Gasteiger partial charge in [0.2, 0.25) is 5.95 Å². The summed E-state index contributed by atoms with van der Waals surface area (Å²) in [5.41, 5.74) is 6.85. The number of amides is 3. The Morgan fingerprint density at radius 2 is 1.81 bits per heavy atom. The zero-order valence-corrected chi connectivity index (χ0v) is 18.6. The van der Waals surface area contributed by atoms with Gasteiger partial charge in [-0.25, -0.2) is 9.78 Å². The number of nitrogens with one attached hydrogen (secondary N) is 1. The number of rotatable bonds is 3. The molecule has 0 radical (unpaired) electrons. The van der Waals surface area contributed by atoms with Crippen LogP contribution in [0.3, 0.4) is 0 Å². The zero-order valence-electron chi connectivity index (χ0n) is 18.6. The predicted octanol–water partition coefficient (Wildman–Crippen LogP) is 1.84. The van der Waals surface area contributed by atoms with Crippen LogP contribution in [0.5, 0.6) is 0 Å². The number of hydrogen-bond acceptors (Lipinski definition) is 6. The number of para-hydroxylation sites is 1. The topological polar surface area (TPSA) is 125 Å². The van der Waals surface area contributed by atoms with E-state index in [1.807, 2.05) is 11.0 Å². The minimum absolute atomic E-state index is 0.173. The average molecular weight is 441 g/mol. The zero-order chi connectivity index (χ0) is 23.0. The first-order chi connectivity index (χ1) is 15.1. The van der Waals surface area contributed by atoms with Gasteiger partial charge in [-0.05, 0) is 39.3 Å². The Bertz CT molecular complexity index is 1090. The second-order valence-corrected chi connectivity index (χ2v) is 8.92. The first-order valence-electron chi connectivity index (χ1n) is 10.7. The van der Waals surface area contributed by atoms with Gasteiger partial charge in [0.15, 0.2) is 0 Å². The molecule has 0 spiro atoms. The number of piperazine rings is 1. The largest absolute Gasteiger partial charge is 0.443 e. The normalized spacial score (nSPS) is 17.0. The first kappa shape index (κ1) is 21.7. The number of fused-ring (bicyclic) bond motifs is 1. The Hall–Kier alpha value is -3.56. The number of nitrogens with zero attached hydrogens (tertiary/aromatic N) is 4. The summed E-state index contributed by atoms with van der Waals surface area (Å²) in [4.78, 5) is 50.2. The lowest BCUT2D eigenvalue weighted by Crippen LogP contribution is -2.51. The van der Waals surface area contributed by atoms with Gasteiger partial charge in [-0.1, -0.05) is 12.1 Å². The summed E-state index contributed by atoms with van der Waals surface area (Å²) in [7, 11) is 0. The summed E-state index contributed by atoms with van der Waals surface area (Å²) >= 11 is 0. The predicted molar refractivity (Wildman–Crippen MR) is 119 cm³/mol. The molecule has 1 aromatic carbocycles. The van der Waals surface area contributed by atoms with Crippen molar-refractivity contribution in [2.45, 2.75) is 32.8 Å². The van der Waals surface area contributed by atoms with Crippen molar-refractivity contribution in [3.8, 4) is 0 Å². The smallest absolute Gasteiger partial charge is 0.414 e. The number of imidazole rings is 1. The third-order valence-corrected chi connectivity index (χ3v) is 5.45. The molecular formula is C22H28N6O4. The van der Waals surface area contributed by atoms with Gasteiger partial charge in [0, 0.05) is 32.7 Å². The van der Waals surface area contributed by atoms with Crippen molar-refractivity contribution < 1.29 is 19.1 Å². The van der Waals surface area contributed by atoms with Crippen LogP contribution in [-0.4, -0.2) is 76.0 Å². The molecule has 2 aliphatic heterocycles. The van der Waals surface area contributed by atoms with Gasteiger partial charge in [0.25, 0.3) is 11.8 Å². The van der Waals surface area contributed by atoms with Crippen molar-refractivity contribution in [2.24, 2.45) is 5.73 Å². The summed E-state index contributed by atoms with van der Waals surface area (Å²) in [6.07, 6.45) is 1.92. The molecule has 3 amide bonds. The minimum atomic E-state index is -0.625. The Morgan fingerprint density at radius 1 is 1.09 bits per heavy atom. The number of primary amides is 1. The molecule has 1 saturated heterocycles. The van der Waals surface area contributed by atoms with Crippen LogP contribution in [0.25, 0.3) is 11.0 Å². The van der Waals surface area contributed by atoms with Crippen LogP contribution in [0, 0.1) is 0 Å². The second-order valence-electron chi connectivity index (χ2n) is 8.92. The van der Waals surface area contributed by atoms with E-state index in [4.69, 9.17) is 10.5 Å². The number of carbonyl (C=O) groups is 3. The maximum absolute atomic E-state index is 13.1. The maximum Gasteiger partial charge on any atom is 0.414 e. The Labute approximate surface area is 186 Å². The van der Waals surface area contributed by atoms with E-state index in [0.717, 1.165) is 5.52 Å². The lowest BCUT2D eigenvalue weighted by Gasteiger charge is -2.35. The van der Waals surface area contributed by atoms with E-state index < -0.39 is 17.6 Å². The fraction of sp³-hybridized carbons (Fsp3) is 0.455. The van der Waals surface area contributed by atoms with Crippen molar-refractivity contribution >= 4 is 34.9 Å². The Morgan fingerprint density at radius 3 is 2.47 bits per heavy atom. The van der Waals surface area contributed by atoms with Crippen molar-refractivity contribution in [3.63, 3.8) is 0 Å². The van der Waals surface area contributed by atoms with E-state index in [0.29, 0.717) is 61.9 Å². The molecule has 0 unspecified atom stereocenters. The van der Waals surface area contributed by atoms with Crippen molar-refractivity contribution in [1.82, 2.24) is 19.8 Å². The third kappa shape index (κ3) is 4.25. The molecule has 1 fully saturated rings. The highest BCUT2D eigenvalue weighted by atomic mass is 16.6.